The highest BCUT2D eigenvalue weighted by Crippen LogP contribution is 2.22. The van der Waals surface area contributed by atoms with Gasteiger partial charge in [-0.15, -0.1) is 0 Å². The van der Waals surface area contributed by atoms with Crippen molar-refractivity contribution >= 4 is 15.9 Å². The van der Waals surface area contributed by atoms with Crippen LogP contribution in [0.15, 0.2) is 22.7 Å². The van der Waals surface area contributed by atoms with Crippen LogP contribution in [0.4, 0.5) is 0 Å². The molecule has 0 aromatic heterocycles. The van der Waals surface area contributed by atoms with Crippen LogP contribution in [0.1, 0.15) is 30.4 Å². The molecule has 0 saturated heterocycles. The second-order valence-electron chi connectivity index (χ2n) is 4.83. The summed E-state index contributed by atoms with van der Waals surface area (Å²) in [6.45, 7) is 3.06. The molecule has 1 aromatic rings. The summed E-state index contributed by atoms with van der Waals surface area (Å²) in [7, 11) is 1.81. The van der Waals surface area contributed by atoms with Crippen LogP contribution < -0.4 is 5.32 Å². The lowest BCUT2D eigenvalue weighted by Crippen LogP contribution is -2.26. The van der Waals surface area contributed by atoms with Crippen molar-refractivity contribution in [2.75, 3.05) is 7.11 Å². The monoisotopic (exact) mass is 297 g/mol. The first-order chi connectivity index (χ1) is 8.19. The quantitative estimate of drug-likeness (QED) is 0.919. The summed E-state index contributed by atoms with van der Waals surface area (Å²) in [4.78, 5) is 0. The fourth-order valence-electron chi connectivity index (χ4n) is 2.35. The molecule has 0 aliphatic heterocycles. The summed E-state index contributed by atoms with van der Waals surface area (Å²) in [5.41, 5.74) is 2.62. The topological polar surface area (TPSA) is 21.3 Å². The van der Waals surface area contributed by atoms with Gasteiger partial charge in [0.05, 0.1) is 6.10 Å². The number of rotatable bonds is 4. The molecule has 1 fully saturated rings. The van der Waals surface area contributed by atoms with E-state index in [1.54, 1.807) is 0 Å². The Morgan fingerprint density at radius 2 is 2.24 bits per heavy atom. The SMILES string of the molecule is COC1CCC(NCc2ccc(C)c(Br)c2)C1. The van der Waals surface area contributed by atoms with Crippen molar-refractivity contribution in [2.45, 2.75) is 44.9 Å². The maximum atomic E-state index is 5.38. The van der Waals surface area contributed by atoms with Gasteiger partial charge in [0.2, 0.25) is 0 Å². The minimum atomic E-state index is 0.456. The fourth-order valence-corrected chi connectivity index (χ4v) is 2.77. The lowest BCUT2D eigenvalue weighted by Gasteiger charge is -2.13. The van der Waals surface area contributed by atoms with Crippen LogP contribution in [-0.2, 0) is 11.3 Å². The predicted molar refractivity (Wildman–Crippen MR) is 74.2 cm³/mol. The Kier molecular flexibility index (Phi) is 4.60. The first kappa shape index (κ1) is 13.1. The van der Waals surface area contributed by atoms with E-state index in [4.69, 9.17) is 4.74 Å². The van der Waals surface area contributed by atoms with Crippen LogP contribution >= 0.6 is 15.9 Å². The van der Waals surface area contributed by atoms with Crippen molar-refractivity contribution in [3.8, 4) is 0 Å². The zero-order chi connectivity index (χ0) is 12.3. The van der Waals surface area contributed by atoms with Crippen molar-refractivity contribution in [1.29, 1.82) is 0 Å². The number of nitrogens with one attached hydrogen (secondary N) is 1. The number of ether oxygens (including phenoxy) is 1. The molecule has 0 heterocycles. The number of methoxy groups -OCH3 is 1. The Hall–Kier alpha value is -0.380. The van der Waals surface area contributed by atoms with Gasteiger partial charge in [-0.1, -0.05) is 28.1 Å². The van der Waals surface area contributed by atoms with Crippen LogP contribution in [0.25, 0.3) is 0 Å². The van der Waals surface area contributed by atoms with Gasteiger partial charge in [-0.3, -0.25) is 0 Å². The van der Waals surface area contributed by atoms with Crippen molar-refractivity contribution in [3.05, 3.63) is 33.8 Å². The summed E-state index contributed by atoms with van der Waals surface area (Å²) < 4.78 is 6.57. The van der Waals surface area contributed by atoms with Gasteiger partial charge in [-0.25, -0.2) is 0 Å². The van der Waals surface area contributed by atoms with Gasteiger partial charge in [-0.2, -0.15) is 0 Å². The third kappa shape index (κ3) is 3.54. The van der Waals surface area contributed by atoms with Gasteiger partial charge >= 0.3 is 0 Å². The molecular weight excluding hydrogens is 278 g/mol. The van der Waals surface area contributed by atoms with Gasteiger partial charge < -0.3 is 10.1 Å². The number of hydrogen-bond acceptors (Lipinski definition) is 2. The Labute approximate surface area is 112 Å². The van der Waals surface area contributed by atoms with Gasteiger partial charge in [0, 0.05) is 24.2 Å². The summed E-state index contributed by atoms with van der Waals surface area (Å²) in [5.74, 6) is 0. The van der Waals surface area contributed by atoms with E-state index < -0.39 is 0 Å². The normalized spacial score (nSPS) is 24.2. The van der Waals surface area contributed by atoms with Crippen molar-refractivity contribution in [3.63, 3.8) is 0 Å². The molecule has 1 saturated carbocycles. The van der Waals surface area contributed by atoms with Crippen LogP contribution in [0.5, 0.6) is 0 Å². The highest BCUT2D eigenvalue weighted by atomic mass is 79.9. The molecule has 2 rings (SSSR count). The second-order valence-corrected chi connectivity index (χ2v) is 5.69. The molecule has 1 N–H and O–H groups in total. The fraction of sp³-hybridized carbons (Fsp3) is 0.571. The van der Waals surface area contributed by atoms with Crippen LogP contribution in [0.2, 0.25) is 0 Å². The van der Waals surface area contributed by atoms with Gasteiger partial charge in [0.25, 0.3) is 0 Å². The van der Waals surface area contributed by atoms with Crippen LogP contribution in [-0.4, -0.2) is 19.3 Å². The summed E-state index contributed by atoms with van der Waals surface area (Å²) in [6, 6.07) is 7.16. The van der Waals surface area contributed by atoms with E-state index in [0.717, 1.165) is 13.0 Å². The first-order valence-corrected chi connectivity index (χ1v) is 6.99. The number of aryl methyl sites for hydroxylation is 1. The average Bonchev–Trinajstić information content (AvgIpc) is 2.79. The molecule has 17 heavy (non-hydrogen) atoms. The van der Waals surface area contributed by atoms with Gasteiger partial charge in [0.15, 0.2) is 0 Å². The molecule has 2 unspecified atom stereocenters. The molecule has 3 heteroatoms. The summed E-state index contributed by atoms with van der Waals surface area (Å²) in [5, 5.41) is 3.61. The summed E-state index contributed by atoms with van der Waals surface area (Å²) >= 11 is 3.57. The smallest absolute Gasteiger partial charge is 0.0586 e. The van der Waals surface area contributed by atoms with Gasteiger partial charge in [-0.05, 0) is 43.4 Å². The maximum Gasteiger partial charge on any atom is 0.0586 e. The zero-order valence-electron chi connectivity index (χ0n) is 10.5. The third-order valence-electron chi connectivity index (χ3n) is 3.55. The average molecular weight is 298 g/mol. The molecule has 94 valence electrons. The van der Waals surface area contributed by atoms with Crippen LogP contribution in [0, 0.1) is 6.92 Å². The number of benzene rings is 1. The minimum absolute atomic E-state index is 0.456. The van der Waals surface area contributed by atoms with Crippen molar-refractivity contribution < 1.29 is 4.74 Å². The predicted octanol–water partition coefficient (Wildman–Crippen LogP) is 3.41. The molecule has 1 aromatic carbocycles. The van der Waals surface area contributed by atoms with E-state index in [0.29, 0.717) is 12.1 Å². The molecule has 0 radical (unpaired) electrons. The third-order valence-corrected chi connectivity index (χ3v) is 4.40. The molecule has 0 spiro atoms. The minimum Gasteiger partial charge on any atom is -0.381 e. The van der Waals surface area contributed by atoms with E-state index >= 15 is 0 Å². The van der Waals surface area contributed by atoms with Crippen molar-refractivity contribution in [1.82, 2.24) is 5.32 Å². The molecule has 2 atom stereocenters. The van der Waals surface area contributed by atoms with E-state index in [2.05, 4.69) is 46.4 Å². The Balaban J connectivity index is 1.84. The van der Waals surface area contributed by atoms with Crippen molar-refractivity contribution in [2.24, 2.45) is 0 Å². The maximum absolute atomic E-state index is 5.38. The molecule has 1 aliphatic rings. The number of hydrogen-bond donors (Lipinski definition) is 1. The molecule has 0 bridgehead atoms. The van der Waals surface area contributed by atoms with E-state index in [-0.39, 0.29) is 0 Å². The number of halogens is 1. The highest BCUT2D eigenvalue weighted by molar-refractivity contribution is 9.10. The Morgan fingerprint density at radius 3 is 2.88 bits per heavy atom. The summed E-state index contributed by atoms with van der Waals surface area (Å²) in [6.07, 6.45) is 4.01. The van der Waals surface area contributed by atoms with Gasteiger partial charge in [0.1, 0.15) is 0 Å². The molecule has 1 aliphatic carbocycles. The second kappa shape index (κ2) is 5.98. The highest BCUT2D eigenvalue weighted by Gasteiger charge is 2.23. The largest absolute Gasteiger partial charge is 0.381 e. The van der Waals surface area contributed by atoms with E-state index in [9.17, 15) is 0 Å². The standard InChI is InChI=1S/C14H20BrNO/c1-10-3-4-11(7-14(10)15)9-16-12-5-6-13(8-12)17-2/h3-4,7,12-13,16H,5-6,8-9H2,1-2H3. The van der Waals surface area contributed by atoms with Crippen LogP contribution in [0.3, 0.4) is 0 Å². The molecular formula is C14H20BrNO. The lowest BCUT2D eigenvalue weighted by molar-refractivity contribution is 0.107. The Bertz CT molecular complexity index is 380. The van der Waals surface area contributed by atoms with E-state index in [1.165, 1.54) is 28.4 Å². The first-order valence-electron chi connectivity index (χ1n) is 6.20. The Morgan fingerprint density at radius 1 is 1.41 bits per heavy atom. The molecule has 2 nitrogen and oxygen atoms in total. The van der Waals surface area contributed by atoms with E-state index in [1.807, 2.05) is 7.11 Å². The lowest BCUT2D eigenvalue weighted by atomic mass is 10.1. The zero-order valence-corrected chi connectivity index (χ0v) is 12.1. The molecule has 0 amide bonds.